The Labute approximate surface area is 116 Å². The first-order valence-corrected chi connectivity index (χ1v) is 7.51. The predicted molar refractivity (Wildman–Crippen MR) is 75.1 cm³/mol. The summed E-state index contributed by atoms with van der Waals surface area (Å²) in [4.78, 5) is 14.6. The third-order valence-corrected chi connectivity index (χ3v) is 4.32. The molecule has 0 aromatic rings. The van der Waals surface area contributed by atoms with Gasteiger partial charge in [0.05, 0.1) is 19.1 Å². The van der Waals surface area contributed by atoms with E-state index >= 15 is 0 Å². The SMILES string of the molecule is CCNC1COCC1C(=O)NCC1CCCCN1C. The molecule has 0 aromatic heterocycles. The Balaban J connectivity index is 1.77. The summed E-state index contributed by atoms with van der Waals surface area (Å²) < 4.78 is 5.42. The van der Waals surface area contributed by atoms with E-state index in [1.54, 1.807) is 0 Å². The molecule has 0 radical (unpaired) electrons. The fourth-order valence-corrected chi connectivity index (χ4v) is 3.03. The molecule has 2 aliphatic rings. The molecule has 0 bridgehead atoms. The van der Waals surface area contributed by atoms with E-state index < -0.39 is 0 Å². The second-order valence-corrected chi connectivity index (χ2v) is 5.68. The van der Waals surface area contributed by atoms with Crippen molar-refractivity contribution in [3.05, 3.63) is 0 Å². The van der Waals surface area contributed by atoms with Crippen molar-refractivity contribution in [2.75, 3.05) is 39.9 Å². The summed E-state index contributed by atoms with van der Waals surface area (Å²) >= 11 is 0. The van der Waals surface area contributed by atoms with Crippen LogP contribution in [-0.2, 0) is 9.53 Å². The van der Waals surface area contributed by atoms with E-state index in [-0.39, 0.29) is 17.9 Å². The fourth-order valence-electron chi connectivity index (χ4n) is 3.03. The number of nitrogens with zero attached hydrogens (tertiary/aromatic N) is 1. The van der Waals surface area contributed by atoms with Crippen LogP contribution < -0.4 is 10.6 Å². The average Bonchev–Trinajstić information content (AvgIpc) is 2.86. The minimum Gasteiger partial charge on any atom is -0.379 e. The van der Waals surface area contributed by atoms with Crippen LogP contribution in [0.3, 0.4) is 0 Å². The molecule has 19 heavy (non-hydrogen) atoms. The van der Waals surface area contributed by atoms with Crippen molar-refractivity contribution < 1.29 is 9.53 Å². The monoisotopic (exact) mass is 269 g/mol. The number of hydrogen-bond donors (Lipinski definition) is 2. The fraction of sp³-hybridized carbons (Fsp3) is 0.929. The summed E-state index contributed by atoms with van der Waals surface area (Å²) in [5.74, 6) is 0.108. The van der Waals surface area contributed by atoms with Crippen molar-refractivity contribution in [1.82, 2.24) is 15.5 Å². The molecule has 0 saturated carbocycles. The normalized spacial score (nSPS) is 32.4. The van der Waals surface area contributed by atoms with E-state index in [1.807, 2.05) is 0 Å². The van der Waals surface area contributed by atoms with Gasteiger partial charge >= 0.3 is 0 Å². The van der Waals surface area contributed by atoms with Gasteiger partial charge in [-0.3, -0.25) is 4.79 Å². The quantitative estimate of drug-likeness (QED) is 0.749. The van der Waals surface area contributed by atoms with Crippen LogP contribution in [-0.4, -0.2) is 62.8 Å². The van der Waals surface area contributed by atoms with Gasteiger partial charge in [0.15, 0.2) is 0 Å². The van der Waals surface area contributed by atoms with Crippen molar-refractivity contribution in [1.29, 1.82) is 0 Å². The molecule has 0 spiro atoms. The van der Waals surface area contributed by atoms with Crippen molar-refractivity contribution in [2.45, 2.75) is 38.3 Å². The molecule has 2 aliphatic heterocycles. The molecule has 2 rings (SSSR count). The minimum absolute atomic E-state index is 0.0335. The number of carbonyl (C=O) groups is 1. The maximum atomic E-state index is 12.2. The van der Waals surface area contributed by atoms with Gasteiger partial charge in [0.25, 0.3) is 0 Å². The molecule has 5 nitrogen and oxygen atoms in total. The number of piperidine rings is 1. The van der Waals surface area contributed by atoms with Gasteiger partial charge in [0.2, 0.25) is 5.91 Å². The summed E-state index contributed by atoms with van der Waals surface area (Å²) in [6, 6.07) is 0.673. The first kappa shape index (κ1) is 14.8. The third kappa shape index (κ3) is 3.91. The maximum Gasteiger partial charge on any atom is 0.227 e. The van der Waals surface area contributed by atoms with Crippen LogP contribution in [0.2, 0.25) is 0 Å². The van der Waals surface area contributed by atoms with E-state index in [0.29, 0.717) is 19.3 Å². The lowest BCUT2D eigenvalue weighted by molar-refractivity contribution is -0.125. The zero-order chi connectivity index (χ0) is 13.7. The standard InChI is InChI=1S/C14H27N3O2/c1-3-15-13-10-19-9-12(13)14(18)16-8-11-6-4-5-7-17(11)2/h11-13,15H,3-10H2,1-2H3,(H,16,18). The zero-order valence-electron chi connectivity index (χ0n) is 12.2. The Morgan fingerprint density at radius 3 is 2.95 bits per heavy atom. The molecule has 2 saturated heterocycles. The van der Waals surface area contributed by atoms with Gasteiger partial charge in [-0.1, -0.05) is 13.3 Å². The van der Waals surface area contributed by atoms with Gasteiger partial charge in [-0.25, -0.2) is 0 Å². The number of amides is 1. The van der Waals surface area contributed by atoms with E-state index in [1.165, 1.54) is 19.3 Å². The molecule has 2 heterocycles. The lowest BCUT2D eigenvalue weighted by Crippen LogP contribution is -2.49. The van der Waals surface area contributed by atoms with Gasteiger partial charge in [-0.05, 0) is 33.0 Å². The highest BCUT2D eigenvalue weighted by atomic mass is 16.5. The Morgan fingerprint density at radius 2 is 2.21 bits per heavy atom. The molecule has 110 valence electrons. The van der Waals surface area contributed by atoms with Crippen LogP contribution in [0.1, 0.15) is 26.2 Å². The second kappa shape index (κ2) is 7.22. The average molecular weight is 269 g/mol. The Kier molecular flexibility index (Phi) is 5.60. The Bertz CT molecular complexity index is 298. The summed E-state index contributed by atoms with van der Waals surface area (Å²) in [7, 11) is 2.15. The molecule has 0 aromatic carbocycles. The van der Waals surface area contributed by atoms with Gasteiger partial charge in [0.1, 0.15) is 0 Å². The van der Waals surface area contributed by atoms with Crippen LogP contribution in [0, 0.1) is 5.92 Å². The second-order valence-electron chi connectivity index (χ2n) is 5.68. The third-order valence-electron chi connectivity index (χ3n) is 4.32. The number of carbonyl (C=O) groups excluding carboxylic acids is 1. The lowest BCUT2D eigenvalue weighted by Gasteiger charge is -2.32. The highest BCUT2D eigenvalue weighted by molar-refractivity contribution is 5.79. The van der Waals surface area contributed by atoms with Gasteiger partial charge in [-0.15, -0.1) is 0 Å². The van der Waals surface area contributed by atoms with Crippen LogP contribution in [0.25, 0.3) is 0 Å². The van der Waals surface area contributed by atoms with Gasteiger partial charge < -0.3 is 20.3 Å². The largest absolute Gasteiger partial charge is 0.379 e. The topological polar surface area (TPSA) is 53.6 Å². The molecule has 2 fully saturated rings. The number of nitrogens with one attached hydrogen (secondary N) is 2. The van der Waals surface area contributed by atoms with Crippen LogP contribution in [0.15, 0.2) is 0 Å². The summed E-state index contributed by atoms with van der Waals surface area (Å²) in [6.07, 6.45) is 3.74. The molecule has 3 unspecified atom stereocenters. The molecule has 2 N–H and O–H groups in total. The summed E-state index contributed by atoms with van der Waals surface area (Å²) in [5.41, 5.74) is 0. The maximum absolute atomic E-state index is 12.2. The Morgan fingerprint density at radius 1 is 1.37 bits per heavy atom. The Hall–Kier alpha value is -0.650. The molecule has 1 amide bonds. The van der Waals surface area contributed by atoms with Crippen molar-refractivity contribution in [3.63, 3.8) is 0 Å². The van der Waals surface area contributed by atoms with E-state index in [9.17, 15) is 4.79 Å². The van der Waals surface area contributed by atoms with Crippen molar-refractivity contribution in [3.8, 4) is 0 Å². The number of rotatable bonds is 5. The van der Waals surface area contributed by atoms with Gasteiger partial charge in [-0.2, -0.15) is 0 Å². The number of hydrogen-bond acceptors (Lipinski definition) is 4. The molecule has 5 heteroatoms. The molecule has 3 atom stereocenters. The number of likely N-dealkylation sites (N-methyl/N-ethyl adjacent to an activating group) is 2. The number of ether oxygens (including phenoxy) is 1. The minimum atomic E-state index is -0.0335. The summed E-state index contributed by atoms with van der Waals surface area (Å²) in [6.45, 7) is 6.05. The smallest absolute Gasteiger partial charge is 0.227 e. The highest BCUT2D eigenvalue weighted by Crippen LogP contribution is 2.16. The van der Waals surface area contributed by atoms with Crippen LogP contribution in [0.4, 0.5) is 0 Å². The highest BCUT2D eigenvalue weighted by Gasteiger charge is 2.33. The van der Waals surface area contributed by atoms with Crippen LogP contribution >= 0.6 is 0 Å². The summed E-state index contributed by atoms with van der Waals surface area (Å²) in [5, 5.41) is 6.44. The molecular formula is C14H27N3O2. The van der Waals surface area contributed by atoms with E-state index in [4.69, 9.17) is 4.74 Å². The number of likely N-dealkylation sites (tertiary alicyclic amines) is 1. The molecule has 0 aliphatic carbocycles. The van der Waals surface area contributed by atoms with Crippen molar-refractivity contribution in [2.24, 2.45) is 5.92 Å². The van der Waals surface area contributed by atoms with Gasteiger partial charge in [0, 0.05) is 18.6 Å². The lowest BCUT2D eigenvalue weighted by atomic mass is 10.0. The van der Waals surface area contributed by atoms with Crippen LogP contribution in [0.5, 0.6) is 0 Å². The predicted octanol–water partition coefficient (Wildman–Crippen LogP) is 0.211. The van der Waals surface area contributed by atoms with Crippen molar-refractivity contribution >= 4 is 5.91 Å². The first-order chi connectivity index (χ1) is 9.22. The zero-order valence-corrected chi connectivity index (χ0v) is 12.2. The molecular weight excluding hydrogens is 242 g/mol. The van der Waals surface area contributed by atoms with E-state index in [0.717, 1.165) is 19.6 Å². The van der Waals surface area contributed by atoms with E-state index in [2.05, 4.69) is 29.5 Å². The first-order valence-electron chi connectivity index (χ1n) is 7.51.